The Morgan fingerprint density at radius 2 is 1.85 bits per heavy atom. The minimum Gasteiger partial charge on any atom is -0.353 e. The van der Waals surface area contributed by atoms with Gasteiger partial charge in [-0.25, -0.2) is 14.7 Å². The van der Waals surface area contributed by atoms with Gasteiger partial charge in [-0.3, -0.25) is 9.69 Å². The van der Waals surface area contributed by atoms with Crippen molar-refractivity contribution in [1.82, 2.24) is 20.1 Å². The highest BCUT2D eigenvalue weighted by atomic mass is 35.5. The fourth-order valence-corrected chi connectivity index (χ4v) is 5.35. The predicted octanol–water partition coefficient (Wildman–Crippen LogP) is 3.62. The molecule has 1 atom stereocenters. The maximum Gasteiger partial charge on any atom is 0.417 e. The van der Waals surface area contributed by atoms with Crippen molar-refractivity contribution in [3.8, 4) is 0 Å². The van der Waals surface area contributed by atoms with Gasteiger partial charge in [0.1, 0.15) is 11.4 Å². The van der Waals surface area contributed by atoms with Crippen molar-refractivity contribution in [2.24, 2.45) is 0 Å². The zero-order valence-corrected chi connectivity index (χ0v) is 19.0. The number of halogens is 4. The van der Waals surface area contributed by atoms with Gasteiger partial charge in [0.05, 0.1) is 17.3 Å². The van der Waals surface area contributed by atoms with E-state index in [9.17, 15) is 22.8 Å². The number of aryl methyl sites for hydroxylation is 1. The van der Waals surface area contributed by atoms with Crippen molar-refractivity contribution in [3.05, 3.63) is 58.2 Å². The third-order valence-corrected chi connectivity index (χ3v) is 7.09. The fourth-order valence-electron chi connectivity index (χ4n) is 5.06. The molecule has 5 rings (SSSR count). The van der Waals surface area contributed by atoms with Gasteiger partial charge < -0.3 is 10.2 Å². The number of aromatic nitrogens is 1. The molecule has 3 amide bonds. The number of piperazine rings is 1. The lowest BCUT2D eigenvalue weighted by Gasteiger charge is -2.37. The predicted molar refractivity (Wildman–Crippen MR) is 119 cm³/mol. The third-order valence-electron chi connectivity index (χ3n) is 6.81. The summed E-state index contributed by atoms with van der Waals surface area (Å²) in [5.41, 5.74) is 0.0520. The number of imide groups is 1. The van der Waals surface area contributed by atoms with E-state index in [1.807, 2.05) is 34.1 Å². The maximum absolute atomic E-state index is 13.5. The van der Waals surface area contributed by atoms with Crippen molar-refractivity contribution < 1.29 is 22.8 Å². The number of amides is 3. The Hall–Kier alpha value is -2.85. The molecule has 1 spiro atoms. The number of nitrogens with zero attached hydrogens (tertiary/aromatic N) is 4. The van der Waals surface area contributed by atoms with E-state index in [1.165, 1.54) is 4.90 Å². The van der Waals surface area contributed by atoms with Crippen LogP contribution in [0.4, 0.5) is 23.8 Å². The lowest BCUT2D eigenvalue weighted by molar-refractivity contribution is -0.138. The number of carbonyl (C=O) groups is 2. The summed E-state index contributed by atoms with van der Waals surface area (Å²) in [4.78, 5) is 35.3. The van der Waals surface area contributed by atoms with Crippen LogP contribution in [-0.2, 0) is 22.9 Å². The Morgan fingerprint density at radius 1 is 1.12 bits per heavy atom. The van der Waals surface area contributed by atoms with Crippen LogP contribution >= 0.6 is 11.6 Å². The molecule has 2 aromatic rings. The molecule has 2 aliphatic heterocycles. The van der Waals surface area contributed by atoms with Crippen molar-refractivity contribution >= 4 is 29.4 Å². The standard InChI is InChI=1S/C23H23ClF3N5O2/c24-18-12-16(23(25,26)27)13-28-19(18)31-10-8-30(9-11-31)14-32-20(33)22(29-21(32)34)7-3-5-15-4-1-2-6-17(15)22/h1-2,4,6,12-13H,3,5,7-11,14H2,(H,29,34)/t22-/m0/s1. The van der Waals surface area contributed by atoms with Crippen LogP contribution in [0.25, 0.3) is 0 Å². The molecule has 1 aromatic carbocycles. The van der Waals surface area contributed by atoms with Crippen LogP contribution in [0.5, 0.6) is 0 Å². The highest BCUT2D eigenvalue weighted by Gasteiger charge is 2.54. The number of alkyl halides is 3. The van der Waals surface area contributed by atoms with E-state index in [2.05, 4.69) is 10.3 Å². The molecule has 1 aromatic heterocycles. The van der Waals surface area contributed by atoms with Crippen LogP contribution in [0.3, 0.4) is 0 Å². The molecule has 180 valence electrons. The maximum atomic E-state index is 13.5. The molecule has 0 unspecified atom stereocenters. The fraction of sp³-hybridized carbons (Fsp3) is 0.435. The van der Waals surface area contributed by atoms with E-state index in [0.717, 1.165) is 36.2 Å². The number of hydrogen-bond donors (Lipinski definition) is 1. The van der Waals surface area contributed by atoms with Gasteiger partial charge in [0.25, 0.3) is 5.91 Å². The average molecular weight is 494 g/mol. The number of urea groups is 1. The van der Waals surface area contributed by atoms with Crippen LogP contribution in [-0.4, -0.2) is 59.6 Å². The molecule has 0 saturated carbocycles. The summed E-state index contributed by atoms with van der Waals surface area (Å²) >= 11 is 6.08. The number of carbonyl (C=O) groups excluding carboxylic acids is 2. The van der Waals surface area contributed by atoms with Gasteiger partial charge in [-0.15, -0.1) is 0 Å². The monoisotopic (exact) mass is 493 g/mol. The number of benzene rings is 1. The Bertz CT molecular complexity index is 1140. The Balaban J connectivity index is 1.25. The van der Waals surface area contributed by atoms with E-state index in [4.69, 9.17) is 11.6 Å². The second kappa shape index (κ2) is 8.42. The molecule has 7 nitrogen and oxygen atoms in total. The Labute approximate surface area is 199 Å². The highest BCUT2D eigenvalue weighted by molar-refractivity contribution is 6.33. The third kappa shape index (κ3) is 3.88. The molecule has 34 heavy (non-hydrogen) atoms. The van der Waals surface area contributed by atoms with Crippen molar-refractivity contribution in [2.75, 3.05) is 37.7 Å². The molecule has 2 fully saturated rings. The number of nitrogens with one attached hydrogen (secondary N) is 1. The molecule has 0 radical (unpaired) electrons. The number of pyridine rings is 1. The topological polar surface area (TPSA) is 68.8 Å². The summed E-state index contributed by atoms with van der Waals surface area (Å²) in [7, 11) is 0. The molecule has 2 saturated heterocycles. The smallest absolute Gasteiger partial charge is 0.353 e. The first-order valence-electron chi connectivity index (χ1n) is 11.1. The number of fused-ring (bicyclic) bond motifs is 2. The lowest BCUT2D eigenvalue weighted by atomic mass is 9.76. The summed E-state index contributed by atoms with van der Waals surface area (Å²) in [5.74, 6) is 0.0570. The molecule has 0 bridgehead atoms. The van der Waals surface area contributed by atoms with Gasteiger partial charge in [-0.2, -0.15) is 13.2 Å². The largest absolute Gasteiger partial charge is 0.417 e. The van der Waals surface area contributed by atoms with Crippen molar-refractivity contribution in [2.45, 2.75) is 31.0 Å². The van der Waals surface area contributed by atoms with E-state index in [-0.39, 0.29) is 17.6 Å². The molecule has 1 N–H and O–H groups in total. The summed E-state index contributed by atoms with van der Waals surface area (Å²) < 4.78 is 38.6. The Kier molecular flexibility index (Phi) is 5.68. The van der Waals surface area contributed by atoms with Crippen LogP contribution in [0.2, 0.25) is 5.02 Å². The zero-order valence-electron chi connectivity index (χ0n) is 18.2. The van der Waals surface area contributed by atoms with Gasteiger partial charge in [-0.1, -0.05) is 35.9 Å². The summed E-state index contributed by atoms with van der Waals surface area (Å²) in [5, 5.41) is 2.90. The summed E-state index contributed by atoms with van der Waals surface area (Å²) in [6, 6.07) is 8.21. The summed E-state index contributed by atoms with van der Waals surface area (Å²) in [6.07, 6.45) is -1.47. The highest BCUT2D eigenvalue weighted by Crippen LogP contribution is 2.40. The number of anilines is 1. The second-order valence-corrected chi connectivity index (χ2v) is 9.26. The summed E-state index contributed by atoms with van der Waals surface area (Å²) in [6.45, 7) is 2.06. The van der Waals surface area contributed by atoms with Crippen LogP contribution < -0.4 is 10.2 Å². The average Bonchev–Trinajstić information content (AvgIpc) is 3.04. The second-order valence-electron chi connectivity index (χ2n) is 8.85. The first-order valence-corrected chi connectivity index (χ1v) is 11.5. The lowest BCUT2D eigenvalue weighted by Crippen LogP contribution is -2.52. The van der Waals surface area contributed by atoms with Gasteiger partial charge in [0.15, 0.2) is 0 Å². The van der Waals surface area contributed by atoms with Crippen LogP contribution in [0.1, 0.15) is 29.5 Å². The normalized spacial score (nSPS) is 23.4. The first-order chi connectivity index (χ1) is 16.2. The van der Waals surface area contributed by atoms with E-state index in [1.54, 1.807) is 0 Å². The molecule has 3 heterocycles. The van der Waals surface area contributed by atoms with Gasteiger partial charge in [0.2, 0.25) is 0 Å². The van der Waals surface area contributed by atoms with Crippen LogP contribution in [0.15, 0.2) is 36.5 Å². The van der Waals surface area contributed by atoms with Crippen molar-refractivity contribution in [1.29, 1.82) is 0 Å². The van der Waals surface area contributed by atoms with Gasteiger partial charge >= 0.3 is 12.2 Å². The number of hydrogen-bond acceptors (Lipinski definition) is 5. The van der Waals surface area contributed by atoms with Gasteiger partial charge in [0, 0.05) is 32.4 Å². The minimum absolute atomic E-state index is 0.0599. The SMILES string of the molecule is O=C1N[C@]2(CCCc3ccccc32)C(=O)N1CN1CCN(c2ncc(C(F)(F)F)cc2Cl)CC1. The van der Waals surface area contributed by atoms with E-state index < -0.39 is 23.3 Å². The van der Waals surface area contributed by atoms with Crippen LogP contribution in [0, 0.1) is 0 Å². The molecular weight excluding hydrogens is 471 g/mol. The molecule has 1 aliphatic carbocycles. The number of rotatable bonds is 3. The molecular formula is C23H23ClF3N5O2. The van der Waals surface area contributed by atoms with Crippen molar-refractivity contribution in [3.63, 3.8) is 0 Å². The van der Waals surface area contributed by atoms with Gasteiger partial charge in [-0.05, 0) is 36.5 Å². The zero-order chi connectivity index (χ0) is 24.1. The first kappa shape index (κ1) is 22.9. The van der Waals surface area contributed by atoms with E-state index in [0.29, 0.717) is 38.4 Å². The quantitative estimate of drug-likeness (QED) is 0.662. The Morgan fingerprint density at radius 3 is 2.56 bits per heavy atom. The van der Waals surface area contributed by atoms with E-state index >= 15 is 0 Å². The molecule has 11 heteroatoms. The minimum atomic E-state index is -4.51. The molecule has 3 aliphatic rings.